The van der Waals surface area contributed by atoms with Gasteiger partial charge in [-0.05, 0) is 48.7 Å². The van der Waals surface area contributed by atoms with Gasteiger partial charge in [0.25, 0.3) is 0 Å². The van der Waals surface area contributed by atoms with Crippen molar-refractivity contribution in [2.45, 2.75) is 12.8 Å². The number of hydrogen-bond donors (Lipinski definition) is 1. The van der Waals surface area contributed by atoms with E-state index in [1.807, 2.05) is 12.1 Å². The maximum absolute atomic E-state index is 9.21. The number of fused-ring (bicyclic) bond motifs is 1. The number of benzene rings is 2. The second kappa shape index (κ2) is 7.30. The number of anilines is 1. The molecule has 6 heteroatoms. The van der Waals surface area contributed by atoms with Crippen LogP contribution < -0.4 is 4.90 Å². The van der Waals surface area contributed by atoms with E-state index in [0.717, 1.165) is 30.8 Å². The highest BCUT2D eigenvalue weighted by Crippen LogP contribution is 2.33. The maximum Gasteiger partial charge on any atom is 0.106 e. The summed E-state index contributed by atoms with van der Waals surface area (Å²) < 4.78 is 0. The van der Waals surface area contributed by atoms with Gasteiger partial charge in [-0.15, -0.1) is 5.11 Å². The number of aryl methyl sites for hydroxylation is 1. The number of nitrogens with zero attached hydrogens (tertiary/aromatic N) is 3. The summed E-state index contributed by atoms with van der Waals surface area (Å²) in [5.41, 5.74) is 3.71. The number of rotatable bonds is 4. The zero-order chi connectivity index (χ0) is 16.2. The van der Waals surface area contributed by atoms with Gasteiger partial charge < -0.3 is 10.0 Å². The normalized spacial score (nSPS) is 14.3. The van der Waals surface area contributed by atoms with Crippen LogP contribution in [0.4, 0.5) is 17.1 Å². The Morgan fingerprint density at radius 1 is 1.09 bits per heavy atom. The average molecular weight is 350 g/mol. The molecule has 23 heavy (non-hydrogen) atoms. The zero-order valence-electron chi connectivity index (χ0n) is 12.5. The van der Waals surface area contributed by atoms with Crippen LogP contribution in [0.25, 0.3) is 0 Å². The fraction of sp³-hybridized carbons (Fsp3) is 0.294. The standard InChI is InChI=1S/C17H17Cl2N3O/c18-13-4-6-15(19)16(10-13)21-20-14-5-3-12-2-1-7-22(8-9-23)17(12)11-14/h3-6,10-11,23H,1-2,7-9H2. The highest BCUT2D eigenvalue weighted by molar-refractivity contribution is 6.35. The van der Waals surface area contributed by atoms with Gasteiger partial charge in [-0.25, -0.2) is 0 Å². The van der Waals surface area contributed by atoms with E-state index >= 15 is 0 Å². The minimum atomic E-state index is 0.142. The molecule has 0 unspecified atom stereocenters. The van der Waals surface area contributed by atoms with Crippen LogP contribution in [0.15, 0.2) is 46.6 Å². The molecule has 4 nitrogen and oxygen atoms in total. The lowest BCUT2D eigenvalue weighted by molar-refractivity contribution is 0.301. The molecule has 0 amide bonds. The topological polar surface area (TPSA) is 48.2 Å². The molecule has 1 aliphatic heterocycles. The molecule has 0 radical (unpaired) electrons. The molecule has 1 N–H and O–H groups in total. The van der Waals surface area contributed by atoms with Crippen LogP contribution in [0.2, 0.25) is 10.0 Å². The highest BCUT2D eigenvalue weighted by Gasteiger charge is 2.16. The lowest BCUT2D eigenvalue weighted by Gasteiger charge is -2.30. The Hall–Kier alpha value is -1.62. The Kier molecular flexibility index (Phi) is 5.16. The van der Waals surface area contributed by atoms with Crippen LogP contribution in [0, 0.1) is 0 Å². The van der Waals surface area contributed by atoms with Gasteiger partial charge in [-0.1, -0.05) is 29.3 Å². The summed E-state index contributed by atoms with van der Waals surface area (Å²) in [7, 11) is 0. The lowest BCUT2D eigenvalue weighted by atomic mass is 10.0. The van der Waals surface area contributed by atoms with Crippen LogP contribution in [0.1, 0.15) is 12.0 Å². The molecule has 0 saturated heterocycles. The van der Waals surface area contributed by atoms with Crippen LogP contribution in [0.5, 0.6) is 0 Å². The minimum absolute atomic E-state index is 0.142. The summed E-state index contributed by atoms with van der Waals surface area (Å²) in [4.78, 5) is 2.18. The molecule has 0 saturated carbocycles. The SMILES string of the molecule is OCCN1CCCc2ccc(N=Nc3cc(Cl)ccc3Cl)cc21. The summed E-state index contributed by atoms with van der Waals surface area (Å²) >= 11 is 12.1. The maximum atomic E-state index is 9.21. The number of azo groups is 1. The summed E-state index contributed by atoms with van der Waals surface area (Å²) in [6, 6.07) is 11.1. The molecule has 0 aliphatic carbocycles. The minimum Gasteiger partial charge on any atom is -0.395 e. The van der Waals surface area contributed by atoms with Crippen LogP contribution in [-0.2, 0) is 6.42 Å². The van der Waals surface area contributed by atoms with Crippen molar-refractivity contribution < 1.29 is 5.11 Å². The summed E-state index contributed by atoms with van der Waals surface area (Å²) in [6.45, 7) is 1.73. The monoisotopic (exact) mass is 349 g/mol. The average Bonchev–Trinajstić information content (AvgIpc) is 2.56. The Balaban J connectivity index is 1.88. The molecular weight excluding hydrogens is 333 g/mol. The second-order valence-corrected chi connectivity index (χ2v) is 6.27. The smallest absolute Gasteiger partial charge is 0.106 e. The molecular formula is C17H17Cl2N3O. The van der Waals surface area contributed by atoms with E-state index < -0.39 is 0 Å². The van der Waals surface area contributed by atoms with Crippen molar-refractivity contribution in [1.29, 1.82) is 0 Å². The first kappa shape index (κ1) is 16.2. The quantitative estimate of drug-likeness (QED) is 0.775. The molecule has 0 fully saturated rings. The molecule has 2 aromatic carbocycles. The molecule has 2 aromatic rings. The van der Waals surface area contributed by atoms with Crippen molar-refractivity contribution >= 4 is 40.3 Å². The van der Waals surface area contributed by atoms with E-state index in [4.69, 9.17) is 23.2 Å². The number of aliphatic hydroxyl groups is 1. The fourth-order valence-corrected chi connectivity index (χ4v) is 3.05. The Bertz CT molecular complexity index is 734. The van der Waals surface area contributed by atoms with Crippen molar-refractivity contribution in [2.75, 3.05) is 24.6 Å². The van der Waals surface area contributed by atoms with E-state index in [9.17, 15) is 5.11 Å². The molecule has 0 spiro atoms. The van der Waals surface area contributed by atoms with E-state index in [2.05, 4.69) is 21.2 Å². The molecule has 0 bridgehead atoms. The third kappa shape index (κ3) is 3.83. The summed E-state index contributed by atoms with van der Waals surface area (Å²) in [5.74, 6) is 0. The Labute approximate surface area is 145 Å². The number of halogens is 2. The van der Waals surface area contributed by atoms with Gasteiger partial charge in [0.05, 0.1) is 17.3 Å². The molecule has 3 rings (SSSR count). The van der Waals surface area contributed by atoms with Crippen LogP contribution in [-0.4, -0.2) is 24.8 Å². The third-order valence-electron chi connectivity index (χ3n) is 3.84. The highest BCUT2D eigenvalue weighted by atomic mass is 35.5. The molecule has 0 aromatic heterocycles. The predicted molar refractivity (Wildman–Crippen MR) is 94.7 cm³/mol. The van der Waals surface area contributed by atoms with Crippen molar-refractivity contribution in [3.63, 3.8) is 0 Å². The number of aliphatic hydroxyl groups excluding tert-OH is 1. The van der Waals surface area contributed by atoms with Gasteiger partial charge in [-0.3, -0.25) is 0 Å². The van der Waals surface area contributed by atoms with Crippen molar-refractivity contribution in [2.24, 2.45) is 10.2 Å². The number of hydrogen-bond acceptors (Lipinski definition) is 4. The lowest BCUT2D eigenvalue weighted by Crippen LogP contribution is -2.31. The second-order valence-electron chi connectivity index (χ2n) is 5.42. The first-order chi connectivity index (χ1) is 11.2. The summed E-state index contributed by atoms with van der Waals surface area (Å²) in [5, 5.41) is 18.8. The van der Waals surface area contributed by atoms with E-state index in [1.165, 1.54) is 5.56 Å². The van der Waals surface area contributed by atoms with Crippen molar-refractivity contribution in [1.82, 2.24) is 0 Å². The largest absolute Gasteiger partial charge is 0.395 e. The van der Waals surface area contributed by atoms with Gasteiger partial charge in [0, 0.05) is 23.8 Å². The van der Waals surface area contributed by atoms with Gasteiger partial charge in [0.2, 0.25) is 0 Å². The Morgan fingerprint density at radius 3 is 2.78 bits per heavy atom. The molecule has 1 heterocycles. The van der Waals surface area contributed by atoms with Gasteiger partial charge in [0.15, 0.2) is 0 Å². The molecule has 1 aliphatic rings. The predicted octanol–water partition coefficient (Wildman–Crippen LogP) is 5.15. The van der Waals surface area contributed by atoms with Gasteiger partial charge >= 0.3 is 0 Å². The Morgan fingerprint density at radius 2 is 1.96 bits per heavy atom. The first-order valence-corrected chi connectivity index (χ1v) is 8.28. The third-order valence-corrected chi connectivity index (χ3v) is 4.39. The zero-order valence-corrected chi connectivity index (χ0v) is 14.1. The van der Waals surface area contributed by atoms with Crippen molar-refractivity contribution in [3.8, 4) is 0 Å². The van der Waals surface area contributed by atoms with E-state index in [1.54, 1.807) is 18.2 Å². The van der Waals surface area contributed by atoms with E-state index in [-0.39, 0.29) is 6.61 Å². The van der Waals surface area contributed by atoms with Gasteiger partial charge in [0.1, 0.15) is 5.69 Å². The molecule has 0 atom stereocenters. The van der Waals surface area contributed by atoms with Gasteiger partial charge in [-0.2, -0.15) is 5.11 Å². The summed E-state index contributed by atoms with van der Waals surface area (Å²) in [6.07, 6.45) is 2.15. The van der Waals surface area contributed by atoms with Crippen molar-refractivity contribution in [3.05, 3.63) is 52.0 Å². The van der Waals surface area contributed by atoms with Crippen LogP contribution >= 0.6 is 23.2 Å². The number of β-amino-alcohol motifs (C(OH)–C–C–N with tert-alkyl or cyclic N) is 1. The van der Waals surface area contributed by atoms with E-state index in [0.29, 0.717) is 22.3 Å². The fourth-order valence-electron chi connectivity index (χ4n) is 2.73. The first-order valence-electron chi connectivity index (χ1n) is 7.53. The molecule has 120 valence electrons. The van der Waals surface area contributed by atoms with Crippen LogP contribution in [0.3, 0.4) is 0 Å².